The second-order valence-electron chi connectivity index (χ2n) is 5.54. The summed E-state index contributed by atoms with van der Waals surface area (Å²) in [5.74, 6) is 0.936. The normalized spacial score (nSPS) is 11.4. The van der Waals surface area contributed by atoms with E-state index in [1.165, 1.54) is 11.8 Å². The van der Waals surface area contributed by atoms with E-state index in [2.05, 4.69) is 6.07 Å². The monoisotopic (exact) mass is 317 g/mol. The van der Waals surface area contributed by atoms with Crippen molar-refractivity contribution in [2.45, 2.75) is 20.3 Å². The summed E-state index contributed by atoms with van der Waals surface area (Å²) in [6.07, 6.45) is 1.75. The molecule has 0 aliphatic heterocycles. The van der Waals surface area contributed by atoms with E-state index in [-0.39, 0.29) is 5.75 Å². The van der Waals surface area contributed by atoms with E-state index in [4.69, 9.17) is 4.74 Å². The molecule has 0 fully saturated rings. The summed E-state index contributed by atoms with van der Waals surface area (Å²) in [7, 11) is -2.92. The van der Waals surface area contributed by atoms with Gasteiger partial charge in [-0.3, -0.25) is 0 Å². The lowest BCUT2D eigenvalue weighted by Crippen LogP contribution is -2.08. The molecule has 0 N–H and O–H groups in total. The van der Waals surface area contributed by atoms with Crippen molar-refractivity contribution >= 4 is 9.84 Å². The minimum absolute atomic E-state index is 0.155. The molecule has 22 heavy (non-hydrogen) atoms. The summed E-state index contributed by atoms with van der Waals surface area (Å²) in [6.45, 7) is 4.50. The third-order valence-corrected chi connectivity index (χ3v) is 4.44. The molecule has 0 unspecified atom stereocenters. The average Bonchev–Trinajstić information content (AvgIpc) is 2.43. The van der Waals surface area contributed by atoms with Crippen LogP contribution in [0, 0.1) is 19.9 Å². The van der Waals surface area contributed by atoms with Gasteiger partial charge in [-0.2, -0.15) is 0 Å². The number of rotatable bonds is 6. The SMILES string of the molecule is Cc1cc(OCCCS(C)(=O)=O)cc(C)c1-c1[c]cccc1. The minimum Gasteiger partial charge on any atom is -0.494 e. The molecule has 0 saturated heterocycles. The molecule has 0 aliphatic carbocycles. The summed E-state index contributed by atoms with van der Waals surface area (Å²) in [5, 5.41) is 0. The van der Waals surface area contributed by atoms with Gasteiger partial charge < -0.3 is 4.74 Å². The number of hydrogen-bond acceptors (Lipinski definition) is 3. The quantitative estimate of drug-likeness (QED) is 0.765. The summed E-state index contributed by atoms with van der Waals surface area (Å²) in [6, 6.07) is 15.1. The third kappa shape index (κ3) is 4.60. The van der Waals surface area contributed by atoms with E-state index in [0.717, 1.165) is 22.4 Å². The lowest BCUT2D eigenvalue weighted by molar-refractivity contribution is 0.317. The smallest absolute Gasteiger partial charge is 0.147 e. The number of sulfone groups is 1. The second kappa shape index (κ2) is 6.97. The van der Waals surface area contributed by atoms with Crippen molar-refractivity contribution in [1.82, 2.24) is 0 Å². The predicted molar refractivity (Wildman–Crippen MR) is 90.0 cm³/mol. The highest BCUT2D eigenvalue weighted by molar-refractivity contribution is 7.90. The fourth-order valence-corrected chi connectivity index (χ4v) is 3.13. The molecule has 0 amide bonds. The van der Waals surface area contributed by atoms with Gasteiger partial charge in [0, 0.05) is 6.26 Å². The molecule has 0 bridgehead atoms. The molecule has 0 saturated carbocycles. The van der Waals surface area contributed by atoms with Gasteiger partial charge in [0.1, 0.15) is 15.6 Å². The van der Waals surface area contributed by atoms with Crippen LogP contribution < -0.4 is 4.74 Å². The maximum Gasteiger partial charge on any atom is 0.147 e. The summed E-state index contributed by atoms with van der Waals surface area (Å²) < 4.78 is 27.9. The van der Waals surface area contributed by atoms with Crippen LogP contribution in [0.25, 0.3) is 11.1 Å². The van der Waals surface area contributed by atoms with Crippen LogP contribution in [-0.2, 0) is 9.84 Å². The maximum absolute atomic E-state index is 11.1. The van der Waals surface area contributed by atoms with Crippen LogP contribution in [0.3, 0.4) is 0 Å². The van der Waals surface area contributed by atoms with Crippen molar-refractivity contribution in [2.24, 2.45) is 0 Å². The van der Waals surface area contributed by atoms with Gasteiger partial charge in [0.25, 0.3) is 0 Å². The zero-order chi connectivity index (χ0) is 16.2. The zero-order valence-corrected chi connectivity index (χ0v) is 14.0. The highest BCUT2D eigenvalue weighted by Crippen LogP contribution is 2.30. The average molecular weight is 317 g/mol. The van der Waals surface area contributed by atoms with Crippen LogP contribution >= 0.6 is 0 Å². The van der Waals surface area contributed by atoms with Gasteiger partial charge in [-0.05, 0) is 60.7 Å². The standard InChI is InChI=1S/C18H21O3S/c1-14-12-17(21-10-7-11-22(3,19)20)13-15(2)18(14)16-8-5-4-6-9-16/h4-6,8,12-13H,7,10-11H2,1-3H3. The Morgan fingerprint density at radius 3 is 2.36 bits per heavy atom. The van der Waals surface area contributed by atoms with Crippen molar-refractivity contribution in [3.8, 4) is 16.9 Å². The molecule has 0 aromatic heterocycles. The van der Waals surface area contributed by atoms with E-state index < -0.39 is 9.84 Å². The van der Waals surface area contributed by atoms with E-state index in [1.807, 2.05) is 50.2 Å². The Labute approximate surface area is 132 Å². The zero-order valence-electron chi connectivity index (χ0n) is 13.2. The largest absolute Gasteiger partial charge is 0.494 e. The van der Waals surface area contributed by atoms with Crippen LogP contribution in [0.1, 0.15) is 17.5 Å². The first-order valence-corrected chi connectivity index (χ1v) is 9.32. The van der Waals surface area contributed by atoms with Crippen molar-refractivity contribution in [3.05, 3.63) is 53.6 Å². The molecule has 0 spiro atoms. The minimum atomic E-state index is -2.92. The molecule has 117 valence electrons. The predicted octanol–water partition coefficient (Wildman–Crippen LogP) is 3.58. The number of aryl methyl sites for hydroxylation is 2. The van der Waals surface area contributed by atoms with Gasteiger partial charge in [-0.15, -0.1) is 0 Å². The first-order chi connectivity index (χ1) is 10.4. The molecule has 2 aromatic carbocycles. The lowest BCUT2D eigenvalue weighted by atomic mass is 9.95. The van der Waals surface area contributed by atoms with Crippen LogP contribution in [0.5, 0.6) is 5.75 Å². The fourth-order valence-electron chi connectivity index (χ4n) is 2.49. The Morgan fingerprint density at radius 2 is 1.82 bits per heavy atom. The van der Waals surface area contributed by atoms with Gasteiger partial charge in [-0.25, -0.2) is 8.42 Å². The van der Waals surface area contributed by atoms with Gasteiger partial charge in [-0.1, -0.05) is 24.3 Å². The Bertz CT molecular complexity index is 711. The molecule has 0 atom stereocenters. The second-order valence-corrected chi connectivity index (χ2v) is 7.80. The van der Waals surface area contributed by atoms with Crippen LogP contribution in [0.15, 0.2) is 36.4 Å². The first-order valence-electron chi connectivity index (χ1n) is 7.26. The van der Waals surface area contributed by atoms with Gasteiger partial charge in [0.2, 0.25) is 0 Å². The van der Waals surface area contributed by atoms with Crippen molar-refractivity contribution in [2.75, 3.05) is 18.6 Å². The van der Waals surface area contributed by atoms with Crippen LogP contribution in [-0.4, -0.2) is 27.0 Å². The topological polar surface area (TPSA) is 43.4 Å². The Balaban J connectivity index is 2.10. The van der Waals surface area contributed by atoms with Crippen molar-refractivity contribution in [3.63, 3.8) is 0 Å². The maximum atomic E-state index is 11.1. The van der Waals surface area contributed by atoms with E-state index in [9.17, 15) is 8.42 Å². The van der Waals surface area contributed by atoms with E-state index >= 15 is 0 Å². The van der Waals surface area contributed by atoms with E-state index in [0.29, 0.717) is 13.0 Å². The Hall–Kier alpha value is -1.81. The van der Waals surface area contributed by atoms with Gasteiger partial charge in [0.05, 0.1) is 12.4 Å². The third-order valence-electron chi connectivity index (χ3n) is 3.41. The molecule has 3 nitrogen and oxygen atoms in total. The summed E-state index contributed by atoms with van der Waals surface area (Å²) in [5.41, 5.74) is 4.49. The molecule has 1 radical (unpaired) electrons. The molecule has 4 heteroatoms. The van der Waals surface area contributed by atoms with Crippen molar-refractivity contribution in [1.29, 1.82) is 0 Å². The van der Waals surface area contributed by atoms with Crippen molar-refractivity contribution < 1.29 is 13.2 Å². The van der Waals surface area contributed by atoms with Crippen LogP contribution in [0.2, 0.25) is 0 Å². The molecular weight excluding hydrogens is 296 g/mol. The summed E-state index contributed by atoms with van der Waals surface area (Å²) in [4.78, 5) is 0. The highest BCUT2D eigenvalue weighted by Gasteiger charge is 2.09. The number of ether oxygens (including phenoxy) is 1. The number of hydrogen-bond donors (Lipinski definition) is 0. The highest BCUT2D eigenvalue weighted by atomic mass is 32.2. The molecule has 2 rings (SSSR count). The molecule has 0 aliphatic rings. The van der Waals surface area contributed by atoms with Gasteiger partial charge in [0.15, 0.2) is 0 Å². The fraction of sp³-hybridized carbons (Fsp3) is 0.333. The Morgan fingerprint density at radius 1 is 1.14 bits per heavy atom. The first kappa shape index (κ1) is 16.6. The van der Waals surface area contributed by atoms with Crippen LogP contribution in [0.4, 0.5) is 0 Å². The summed E-state index contributed by atoms with van der Waals surface area (Å²) >= 11 is 0. The van der Waals surface area contributed by atoms with E-state index in [1.54, 1.807) is 0 Å². The molecule has 2 aromatic rings. The molecular formula is C18H21O3S. The lowest BCUT2D eigenvalue weighted by Gasteiger charge is -2.13. The Kier molecular flexibility index (Phi) is 5.24. The molecule has 0 heterocycles. The number of benzene rings is 2. The van der Waals surface area contributed by atoms with Gasteiger partial charge >= 0.3 is 0 Å².